The Morgan fingerprint density at radius 2 is 1.65 bits per heavy atom. The fourth-order valence-corrected chi connectivity index (χ4v) is 1.69. The summed E-state index contributed by atoms with van der Waals surface area (Å²) in [5.74, 6) is -0.737. The highest BCUT2D eigenvalue weighted by Crippen LogP contribution is 2.11. The number of carbonyl (C=O) groups is 2. The Morgan fingerprint density at radius 1 is 1.05 bits per heavy atom. The smallest absolute Gasteiger partial charge is 0.306 e. The summed E-state index contributed by atoms with van der Waals surface area (Å²) in [6.07, 6.45) is 1.95. The van der Waals surface area contributed by atoms with Crippen molar-refractivity contribution in [1.29, 1.82) is 0 Å². The van der Waals surface area contributed by atoms with Crippen LogP contribution < -0.4 is 0 Å². The molecule has 0 amide bonds. The molecule has 0 fully saturated rings. The van der Waals surface area contributed by atoms with Crippen molar-refractivity contribution >= 4 is 27.9 Å². The Balaban J connectivity index is 2.17. The van der Waals surface area contributed by atoms with Gasteiger partial charge in [-0.1, -0.05) is 41.4 Å². The highest BCUT2D eigenvalue weighted by molar-refractivity contribution is 9.10. The number of hydrogen-bond acceptors (Lipinski definition) is 4. The molecule has 5 heteroatoms. The van der Waals surface area contributed by atoms with E-state index in [0.29, 0.717) is 6.61 Å². The summed E-state index contributed by atoms with van der Waals surface area (Å²) in [6, 6.07) is 7.51. The summed E-state index contributed by atoms with van der Waals surface area (Å²) in [5, 5.41) is 0. The molecule has 0 spiro atoms. The van der Waals surface area contributed by atoms with E-state index in [9.17, 15) is 9.59 Å². The van der Waals surface area contributed by atoms with Crippen molar-refractivity contribution < 1.29 is 19.1 Å². The van der Waals surface area contributed by atoms with Crippen molar-refractivity contribution in [2.75, 3.05) is 6.61 Å². The average Bonchev–Trinajstić information content (AvgIpc) is 2.45. The van der Waals surface area contributed by atoms with Gasteiger partial charge in [-0.3, -0.25) is 9.59 Å². The van der Waals surface area contributed by atoms with Crippen LogP contribution in [-0.2, 0) is 25.7 Å². The predicted molar refractivity (Wildman–Crippen MR) is 79.0 cm³/mol. The van der Waals surface area contributed by atoms with Crippen molar-refractivity contribution in [3.63, 3.8) is 0 Å². The van der Waals surface area contributed by atoms with Crippen LogP contribution in [0.4, 0.5) is 0 Å². The lowest BCUT2D eigenvalue weighted by Crippen LogP contribution is -2.10. The van der Waals surface area contributed by atoms with Gasteiger partial charge in [-0.2, -0.15) is 0 Å². The van der Waals surface area contributed by atoms with Crippen LogP contribution in [-0.4, -0.2) is 18.5 Å². The van der Waals surface area contributed by atoms with E-state index in [1.807, 2.05) is 31.2 Å². The van der Waals surface area contributed by atoms with Gasteiger partial charge in [0.25, 0.3) is 0 Å². The summed E-state index contributed by atoms with van der Waals surface area (Å²) in [6.45, 7) is 2.66. The lowest BCUT2D eigenvalue weighted by atomic mass is 10.2. The van der Waals surface area contributed by atoms with Gasteiger partial charge in [-0.15, -0.1) is 0 Å². The van der Waals surface area contributed by atoms with Crippen molar-refractivity contribution in [2.24, 2.45) is 0 Å². The third-order valence-corrected chi connectivity index (χ3v) is 3.14. The molecule has 0 bridgehead atoms. The van der Waals surface area contributed by atoms with E-state index in [1.165, 1.54) is 0 Å². The van der Waals surface area contributed by atoms with Gasteiger partial charge < -0.3 is 9.47 Å². The van der Waals surface area contributed by atoms with E-state index in [0.717, 1.165) is 22.9 Å². The molecule has 0 aliphatic rings. The molecule has 0 radical (unpaired) electrons. The monoisotopic (exact) mass is 342 g/mol. The van der Waals surface area contributed by atoms with Crippen LogP contribution in [0.15, 0.2) is 28.7 Å². The van der Waals surface area contributed by atoms with Gasteiger partial charge in [0.2, 0.25) is 0 Å². The molecular weight excluding hydrogens is 324 g/mol. The first-order valence-electron chi connectivity index (χ1n) is 6.67. The number of hydrogen-bond donors (Lipinski definition) is 0. The zero-order valence-electron chi connectivity index (χ0n) is 11.6. The van der Waals surface area contributed by atoms with E-state index in [1.54, 1.807) is 0 Å². The van der Waals surface area contributed by atoms with Crippen LogP contribution in [0.5, 0.6) is 0 Å². The Bertz CT molecular complexity index is 428. The number of unbranched alkanes of at least 4 members (excludes halogenated alkanes) is 1. The number of rotatable bonds is 8. The zero-order valence-corrected chi connectivity index (χ0v) is 13.1. The van der Waals surface area contributed by atoms with Crippen LogP contribution in [0.25, 0.3) is 0 Å². The first-order chi connectivity index (χ1) is 9.61. The maximum absolute atomic E-state index is 11.5. The number of halogens is 1. The molecule has 0 atom stereocenters. The summed E-state index contributed by atoms with van der Waals surface area (Å²) >= 11 is 3.33. The lowest BCUT2D eigenvalue weighted by Gasteiger charge is -2.06. The molecule has 0 heterocycles. The second kappa shape index (κ2) is 9.53. The number of esters is 2. The molecule has 0 unspecified atom stereocenters. The second-order valence-corrected chi connectivity index (χ2v) is 5.28. The highest BCUT2D eigenvalue weighted by Gasteiger charge is 2.09. The maximum Gasteiger partial charge on any atom is 0.306 e. The minimum absolute atomic E-state index is 0.0570. The van der Waals surface area contributed by atoms with Crippen molar-refractivity contribution in [3.05, 3.63) is 34.3 Å². The van der Waals surface area contributed by atoms with Crippen LogP contribution >= 0.6 is 15.9 Å². The topological polar surface area (TPSA) is 52.6 Å². The summed E-state index contributed by atoms with van der Waals surface area (Å²) < 4.78 is 11.0. The van der Waals surface area contributed by atoms with E-state index in [4.69, 9.17) is 9.47 Å². The van der Waals surface area contributed by atoms with Gasteiger partial charge in [-0.05, 0) is 24.1 Å². The van der Waals surface area contributed by atoms with Gasteiger partial charge in [-0.25, -0.2) is 0 Å². The normalized spacial score (nSPS) is 10.1. The van der Waals surface area contributed by atoms with E-state index < -0.39 is 0 Å². The number of ether oxygens (including phenoxy) is 2. The van der Waals surface area contributed by atoms with E-state index in [-0.39, 0.29) is 31.4 Å². The second-order valence-electron chi connectivity index (χ2n) is 4.36. The van der Waals surface area contributed by atoms with Gasteiger partial charge in [0, 0.05) is 4.47 Å². The molecule has 4 nitrogen and oxygen atoms in total. The number of carbonyl (C=O) groups excluding carboxylic acids is 2. The molecule has 0 aliphatic carbocycles. The largest absolute Gasteiger partial charge is 0.466 e. The Morgan fingerprint density at radius 3 is 2.25 bits per heavy atom. The van der Waals surface area contributed by atoms with Crippen LogP contribution in [0.1, 0.15) is 38.2 Å². The molecule has 1 aromatic carbocycles. The van der Waals surface area contributed by atoms with Crippen LogP contribution in [0, 0.1) is 0 Å². The van der Waals surface area contributed by atoms with Crippen molar-refractivity contribution in [1.82, 2.24) is 0 Å². The standard InChI is InChI=1S/C15H19BrO4/c1-2-3-10-19-14(17)8-9-15(18)20-11-12-4-6-13(16)7-5-12/h4-7H,2-3,8-11H2,1H3. The molecule has 0 saturated heterocycles. The van der Waals surface area contributed by atoms with Gasteiger partial charge >= 0.3 is 11.9 Å². The Kier molecular flexibility index (Phi) is 7.95. The molecule has 20 heavy (non-hydrogen) atoms. The molecule has 0 saturated carbocycles. The van der Waals surface area contributed by atoms with Gasteiger partial charge in [0.15, 0.2) is 0 Å². The van der Waals surface area contributed by atoms with Gasteiger partial charge in [0.1, 0.15) is 6.61 Å². The quantitative estimate of drug-likeness (QED) is 0.534. The molecule has 0 aromatic heterocycles. The predicted octanol–water partition coefficient (Wildman–Crippen LogP) is 3.62. The fraction of sp³-hybridized carbons (Fsp3) is 0.467. The minimum atomic E-state index is -0.389. The van der Waals surface area contributed by atoms with Crippen LogP contribution in [0.3, 0.4) is 0 Å². The Hall–Kier alpha value is -1.36. The summed E-state index contributed by atoms with van der Waals surface area (Å²) in [4.78, 5) is 22.8. The molecule has 0 aliphatic heterocycles. The molecule has 0 N–H and O–H groups in total. The summed E-state index contributed by atoms with van der Waals surface area (Å²) in [5.41, 5.74) is 0.909. The first-order valence-corrected chi connectivity index (χ1v) is 7.46. The fourth-order valence-electron chi connectivity index (χ4n) is 1.42. The lowest BCUT2D eigenvalue weighted by molar-refractivity contribution is -0.151. The third-order valence-electron chi connectivity index (χ3n) is 2.61. The van der Waals surface area contributed by atoms with Crippen molar-refractivity contribution in [3.8, 4) is 0 Å². The molecule has 1 aromatic rings. The summed E-state index contributed by atoms with van der Waals surface area (Å²) in [7, 11) is 0. The van der Waals surface area contributed by atoms with Gasteiger partial charge in [0.05, 0.1) is 19.4 Å². The zero-order chi connectivity index (χ0) is 14.8. The van der Waals surface area contributed by atoms with Crippen molar-refractivity contribution in [2.45, 2.75) is 39.2 Å². The maximum atomic E-state index is 11.5. The Labute approximate surface area is 127 Å². The van der Waals surface area contributed by atoms with E-state index >= 15 is 0 Å². The first kappa shape index (κ1) is 16.7. The SMILES string of the molecule is CCCCOC(=O)CCC(=O)OCc1ccc(Br)cc1. The van der Waals surface area contributed by atoms with Crippen LogP contribution in [0.2, 0.25) is 0 Å². The molecular formula is C15H19BrO4. The third kappa shape index (κ3) is 7.28. The number of benzene rings is 1. The minimum Gasteiger partial charge on any atom is -0.466 e. The van der Waals surface area contributed by atoms with E-state index in [2.05, 4.69) is 15.9 Å². The molecule has 1 rings (SSSR count). The average molecular weight is 343 g/mol. The highest BCUT2D eigenvalue weighted by atomic mass is 79.9. The molecule has 110 valence electrons.